The van der Waals surface area contributed by atoms with Crippen molar-refractivity contribution in [2.45, 2.75) is 13.8 Å². The number of halogens is 1. The molecule has 106 valence electrons. The molecule has 1 aromatic heterocycles. The second-order valence-corrected chi connectivity index (χ2v) is 4.89. The lowest BCUT2D eigenvalue weighted by atomic mass is 10.1. The van der Waals surface area contributed by atoms with Crippen LogP contribution in [0, 0.1) is 19.7 Å². The number of aromatic nitrogens is 2. The molecule has 1 N–H and O–H groups in total. The van der Waals surface area contributed by atoms with Crippen LogP contribution in [-0.2, 0) is 0 Å². The van der Waals surface area contributed by atoms with Gasteiger partial charge in [0.25, 0.3) is 5.89 Å². The van der Waals surface area contributed by atoms with Gasteiger partial charge in [-0.2, -0.15) is 4.98 Å². The summed E-state index contributed by atoms with van der Waals surface area (Å²) in [4.78, 5) is 4.24. The highest BCUT2D eigenvalue weighted by atomic mass is 19.1. The molecule has 0 spiro atoms. The van der Waals surface area contributed by atoms with E-state index in [9.17, 15) is 9.50 Å². The standard InChI is InChI=1S/C16H13FN2O2/c1-9-3-5-11(7-13(9)17)15-18-16(21-19-15)12-6-4-10(2)14(20)8-12/h3-8,20H,1-2H3. The first-order valence-corrected chi connectivity index (χ1v) is 6.45. The maximum absolute atomic E-state index is 13.6. The van der Waals surface area contributed by atoms with Gasteiger partial charge in [0.15, 0.2) is 0 Å². The van der Waals surface area contributed by atoms with Crippen LogP contribution in [0.15, 0.2) is 40.9 Å². The first-order valence-electron chi connectivity index (χ1n) is 6.45. The molecule has 4 nitrogen and oxygen atoms in total. The second-order valence-electron chi connectivity index (χ2n) is 4.89. The highest BCUT2D eigenvalue weighted by Gasteiger charge is 2.12. The molecule has 0 unspecified atom stereocenters. The van der Waals surface area contributed by atoms with E-state index in [0.29, 0.717) is 22.5 Å². The Morgan fingerprint density at radius 2 is 1.71 bits per heavy atom. The summed E-state index contributed by atoms with van der Waals surface area (Å²) in [6, 6.07) is 9.87. The molecule has 21 heavy (non-hydrogen) atoms. The van der Waals surface area contributed by atoms with E-state index < -0.39 is 0 Å². The number of phenols is 1. The molecule has 3 rings (SSSR count). The van der Waals surface area contributed by atoms with E-state index in [1.54, 1.807) is 44.2 Å². The van der Waals surface area contributed by atoms with Crippen molar-refractivity contribution < 1.29 is 14.0 Å². The maximum Gasteiger partial charge on any atom is 0.258 e. The molecule has 0 saturated heterocycles. The fraction of sp³-hybridized carbons (Fsp3) is 0.125. The quantitative estimate of drug-likeness (QED) is 0.776. The van der Waals surface area contributed by atoms with E-state index in [4.69, 9.17) is 4.52 Å². The Kier molecular flexibility index (Phi) is 3.17. The van der Waals surface area contributed by atoms with E-state index in [2.05, 4.69) is 10.1 Å². The van der Waals surface area contributed by atoms with Gasteiger partial charge >= 0.3 is 0 Å². The number of aromatic hydroxyl groups is 1. The topological polar surface area (TPSA) is 59.2 Å². The Balaban J connectivity index is 1.99. The van der Waals surface area contributed by atoms with Crippen molar-refractivity contribution >= 4 is 0 Å². The van der Waals surface area contributed by atoms with Crippen LogP contribution < -0.4 is 0 Å². The predicted octanol–water partition coefficient (Wildman–Crippen LogP) is 3.87. The molecule has 1 heterocycles. The van der Waals surface area contributed by atoms with Crippen molar-refractivity contribution in [3.8, 4) is 28.6 Å². The smallest absolute Gasteiger partial charge is 0.258 e. The van der Waals surface area contributed by atoms with Gasteiger partial charge in [-0.1, -0.05) is 23.4 Å². The van der Waals surface area contributed by atoms with Crippen molar-refractivity contribution in [3.05, 3.63) is 53.3 Å². The summed E-state index contributed by atoms with van der Waals surface area (Å²) in [6.07, 6.45) is 0. The molecule has 3 aromatic rings. The van der Waals surface area contributed by atoms with Gasteiger partial charge in [-0.25, -0.2) is 4.39 Å². The summed E-state index contributed by atoms with van der Waals surface area (Å²) in [5.41, 5.74) is 2.49. The minimum atomic E-state index is -0.313. The summed E-state index contributed by atoms with van der Waals surface area (Å²) >= 11 is 0. The number of hydrogen-bond donors (Lipinski definition) is 1. The zero-order valence-corrected chi connectivity index (χ0v) is 11.6. The zero-order chi connectivity index (χ0) is 15.0. The van der Waals surface area contributed by atoms with Crippen LogP contribution in [0.2, 0.25) is 0 Å². The van der Waals surface area contributed by atoms with E-state index in [0.717, 1.165) is 5.56 Å². The maximum atomic E-state index is 13.6. The number of rotatable bonds is 2. The fourth-order valence-corrected chi connectivity index (χ4v) is 1.93. The van der Waals surface area contributed by atoms with E-state index in [-0.39, 0.29) is 17.5 Å². The summed E-state index contributed by atoms with van der Waals surface area (Å²) in [5, 5.41) is 13.6. The Morgan fingerprint density at radius 3 is 2.43 bits per heavy atom. The van der Waals surface area contributed by atoms with Crippen molar-refractivity contribution in [3.63, 3.8) is 0 Å². The number of phenolic OH excluding ortho intramolecular Hbond substituents is 1. The third kappa shape index (κ3) is 2.50. The molecule has 0 aliphatic heterocycles. The molecule has 0 radical (unpaired) electrons. The monoisotopic (exact) mass is 284 g/mol. The van der Waals surface area contributed by atoms with Gasteiger partial charge in [0.05, 0.1) is 0 Å². The third-order valence-electron chi connectivity index (χ3n) is 3.31. The third-order valence-corrected chi connectivity index (χ3v) is 3.31. The highest BCUT2D eigenvalue weighted by molar-refractivity contribution is 5.61. The first kappa shape index (κ1) is 13.3. The van der Waals surface area contributed by atoms with Gasteiger partial charge in [-0.3, -0.25) is 0 Å². The van der Waals surface area contributed by atoms with Crippen molar-refractivity contribution in [1.29, 1.82) is 0 Å². The highest BCUT2D eigenvalue weighted by Crippen LogP contribution is 2.27. The average molecular weight is 284 g/mol. The minimum Gasteiger partial charge on any atom is -0.508 e. The number of hydrogen-bond acceptors (Lipinski definition) is 4. The molecular weight excluding hydrogens is 271 g/mol. The Bertz CT molecular complexity index is 746. The summed E-state index contributed by atoms with van der Waals surface area (Å²) in [6.45, 7) is 3.49. The summed E-state index contributed by atoms with van der Waals surface area (Å²) in [5.74, 6) is 0.436. The number of nitrogens with zero attached hydrogens (tertiary/aromatic N) is 2. The van der Waals surface area contributed by atoms with Crippen molar-refractivity contribution in [2.75, 3.05) is 0 Å². The van der Waals surface area contributed by atoms with Crippen LogP contribution in [0.4, 0.5) is 4.39 Å². The lowest BCUT2D eigenvalue weighted by Gasteiger charge is -1.99. The Hall–Kier alpha value is -2.69. The molecule has 5 heteroatoms. The molecular formula is C16H13FN2O2. The van der Waals surface area contributed by atoms with Gasteiger partial charge in [0.2, 0.25) is 5.82 Å². The largest absolute Gasteiger partial charge is 0.508 e. The Morgan fingerprint density at radius 1 is 1.00 bits per heavy atom. The van der Waals surface area contributed by atoms with Gasteiger partial charge < -0.3 is 9.63 Å². The molecule has 2 aromatic carbocycles. The molecule has 0 aliphatic rings. The predicted molar refractivity (Wildman–Crippen MR) is 76.3 cm³/mol. The number of benzene rings is 2. The lowest BCUT2D eigenvalue weighted by Crippen LogP contribution is -1.86. The van der Waals surface area contributed by atoms with Gasteiger partial charge in [-0.15, -0.1) is 0 Å². The van der Waals surface area contributed by atoms with Crippen LogP contribution in [-0.4, -0.2) is 15.2 Å². The lowest BCUT2D eigenvalue weighted by molar-refractivity contribution is 0.431. The van der Waals surface area contributed by atoms with E-state index in [1.165, 1.54) is 6.07 Å². The van der Waals surface area contributed by atoms with Crippen LogP contribution in [0.25, 0.3) is 22.8 Å². The van der Waals surface area contributed by atoms with Crippen LogP contribution >= 0.6 is 0 Å². The van der Waals surface area contributed by atoms with Crippen molar-refractivity contribution in [1.82, 2.24) is 10.1 Å². The fourth-order valence-electron chi connectivity index (χ4n) is 1.93. The second kappa shape index (κ2) is 5.01. The SMILES string of the molecule is Cc1ccc(-c2nc(-c3ccc(C)c(F)c3)no2)cc1O. The van der Waals surface area contributed by atoms with Gasteiger partial charge in [0, 0.05) is 11.1 Å². The molecule has 0 bridgehead atoms. The van der Waals surface area contributed by atoms with Crippen LogP contribution in [0.5, 0.6) is 5.75 Å². The summed E-state index contributed by atoms with van der Waals surface area (Å²) < 4.78 is 18.7. The van der Waals surface area contributed by atoms with Gasteiger partial charge in [0.1, 0.15) is 11.6 Å². The average Bonchev–Trinajstić information content (AvgIpc) is 2.94. The molecule has 0 fully saturated rings. The zero-order valence-electron chi connectivity index (χ0n) is 11.6. The summed E-state index contributed by atoms with van der Waals surface area (Å²) in [7, 11) is 0. The van der Waals surface area contributed by atoms with Crippen LogP contribution in [0.1, 0.15) is 11.1 Å². The molecule has 0 atom stereocenters. The first-order chi connectivity index (χ1) is 10.0. The Labute approximate surface area is 120 Å². The molecule has 0 saturated carbocycles. The van der Waals surface area contributed by atoms with E-state index >= 15 is 0 Å². The number of aryl methyl sites for hydroxylation is 2. The molecule has 0 aliphatic carbocycles. The molecule has 0 amide bonds. The van der Waals surface area contributed by atoms with Gasteiger partial charge in [-0.05, 0) is 43.2 Å². The van der Waals surface area contributed by atoms with Crippen molar-refractivity contribution in [2.24, 2.45) is 0 Å². The van der Waals surface area contributed by atoms with Crippen LogP contribution in [0.3, 0.4) is 0 Å². The normalized spacial score (nSPS) is 10.8. The minimum absolute atomic E-state index is 0.161. The van der Waals surface area contributed by atoms with E-state index in [1.807, 2.05) is 0 Å².